The molecule has 4 N–H and O–H groups in total. The molecule has 1 fully saturated rings. The van der Waals surface area contributed by atoms with Crippen LogP contribution in [0.5, 0.6) is 0 Å². The van der Waals surface area contributed by atoms with Gasteiger partial charge in [-0.2, -0.15) is 0 Å². The lowest BCUT2D eigenvalue weighted by Gasteiger charge is -2.46. The van der Waals surface area contributed by atoms with E-state index in [1.54, 1.807) is 0 Å². The Morgan fingerprint density at radius 3 is 2.66 bits per heavy atom. The second-order valence-electron chi connectivity index (χ2n) is 11.9. The zero-order valence-corrected chi connectivity index (χ0v) is 22.5. The van der Waals surface area contributed by atoms with E-state index in [2.05, 4.69) is 53.4 Å². The largest absolute Gasteiger partial charge is 0.388 e. The van der Waals surface area contributed by atoms with Gasteiger partial charge in [0.1, 0.15) is 5.41 Å². The molecule has 38 heavy (non-hydrogen) atoms. The number of Topliss-reactive ketones (excluding diaryl/α,β-unsaturated/α-hetero) is 1. The summed E-state index contributed by atoms with van der Waals surface area (Å²) in [7, 11) is 0. The number of H-pyrrole nitrogens is 2. The van der Waals surface area contributed by atoms with Crippen LogP contribution in [0, 0.1) is 23.7 Å². The van der Waals surface area contributed by atoms with Crippen molar-refractivity contribution in [1.82, 2.24) is 15.3 Å². The molecule has 7 atom stereocenters. The third-order valence-electron chi connectivity index (χ3n) is 9.58. The molecule has 6 nitrogen and oxygen atoms in total. The summed E-state index contributed by atoms with van der Waals surface area (Å²) < 4.78 is 0. The Hall–Kier alpha value is -3.38. The van der Waals surface area contributed by atoms with Gasteiger partial charge in [-0.05, 0) is 68.4 Å². The number of nitrogens with one attached hydrogen (secondary N) is 3. The normalized spacial score (nSPS) is 34.3. The van der Waals surface area contributed by atoms with Crippen molar-refractivity contribution in [2.45, 2.75) is 64.5 Å². The Bertz CT molecular complexity index is 1480. The average molecular weight is 512 g/mol. The molecule has 0 saturated carbocycles. The molecule has 6 rings (SSSR count). The topological polar surface area (TPSA) is 98.0 Å². The van der Waals surface area contributed by atoms with Crippen LogP contribution in [-0.4, -0.2) is 38.9 Å². The molecule has 198 valence electrons. The first kappa shape index (κ1) is 24.9. The van der Waals surface area contributed by atoms with Gasteiger partial charge in [-0.25, -0.2) is 0 Å². The van der Waals surface area contributed by atoms with Crippen molar-refractivity contribution < 1.29 is 14.7 Å². The standard InChI is InChI=1S/C32H37N3O3/c1-17-8-7-10-23-30(37)20(4)19(3)28-26(15-21-16-33-24-11-6-5-9-22(21)24)35-31(38)32(23,28)27-13-12-25(34-27)29(36)18(2)14-17/h5-7,9-13,16-18,23,26,28,30,33-34,37H,8,14-15H2,1-4H3,(H,35,38)/b10-7+/t17-,18-,23-,26-,28-,30+,32+/m0/s1. The molecule has 3 aromatic rings. The zero-order valence-electron chi connectivity index (χ0n) is 22.5. The number of rotatable bonds is 2. The lowest BCUT2D eigenvalue weighted by Crippen LogP contribution is -2.54. The second-order valence-corrected chi connectivity index (χ2v) is 11.9. The Kier molecular flexibility index (Phi) is 5.98. The maximum atomic E-state index is 14.3. The molecule has 2 aromatic heterocycles. The van der Waals surface area contributed by atoms with E-state index in [4.69, 9.17) is 0 Å². The number of aromatic nitrogens is 2. The zero-order chi connectivity index (χ0) is 26.8. The molecule has 0 radical (unpaired) electrons. The summed E-state index contributed by atoms with van der Waals surface area (Å²) in [5.74, 6) is -0.438. The number of carbonyl (C=O) groups excluding carboxylic acids is 2. The lowest BCUT2D eigenvalue weighted by atomic mass is 9.55. The third kappa shape index (κ3) is 3.57. The van der Waals surface area contributed by atoms with E-state index in [1.807, 2.05) is 44.3 Å². The van der Waals surface area contributed by atoms with Crippen molar-refractivity contribution in [2.75, 3.05) is 0 Å². The fourth-order valence-electron chi connectivity index (χ4n) is 7.57. The fourth-order valence-corrected chi connectivity index (χ4v) is 7.57. The Morgan fingerprint density at radius 2 is 1.84 bits per heavy atom. The Balaban J connectivity index is 1.53. The lowest BCUT2D eigenvalue weighted by molar-refractivity contribution is -0.127. The van der Waals surface area contributed by atoms with Gasteiger partial charge in [-0.3, -0.25) is 9.59 Å². The maximum absolute atomic E-state index is 14.3. The highest BCUT2D eigenvalue weighted by molar-refractivity contribution is 5.98. The van der Waals surface area contributed by atoms with Crippen LogP contribution in [0.25, 0.3) is 10.9 Å². The first-order valence-corrected chi connectivity index (χ1v) is 13.8. The molecule has 6 heteroatoms. The van der Waals surface area contributed by atoms with Gasteiger partial charge >= 0.3 is 0 Å². The highest BCUT2D eigenvalue weighted by Crippen LogP contribution is 2.55. The van der Waals surface area contributed by atoms with Crippen LogP contribution in [0.4, 0.5) is 0 Å². The molecule has 1 saturated heterocycles. The van der Waals surface area contributed by atoms with Crippen LogP contribution in [0.15, 0.2) is 65.9 Å². The van der Waals surface area contributed by atoms with Crippen LogP contribution in [-0.2, 0) is 16.6 Å². The smallest absolute Gasteiger partial charge is 0.233 e. The summed E-state index contributed by atoms with van der Waals surface area (Å²) in [5.41, 5.74) is 4.42. The molecular formula is C32H37N3O3. The molecule has 1 amide bonds. The van der Waals surface area contributed by atoms with Crippen LogP contribution >= 0.6 is 0 Å². The molecule has 4 heterocycles. The third-order valence-corrected chi connectivity index (χ3v) is 9.58. The van der Waals surface area contributed by atoms with E-state index in [0.29, 0.717) is 23.7 Å². The molecule has 1 aromatic carbocycles. The van der Waals surface area contributed by atoms with Crippen molar-refractivity contribution in [1.29, 1.82) is 0 Å². The molecule has 3 aliphatic rings. The number of hydrogen-bond donors (Lipinski definition) is 4. The Morgan fingerprint density at radius 1 is 1.05 bits per heavy atom. The van der Waals surface area contributed by atoms with Crippen LogP contribution in [0.1, 0.15) is 62.3 Å². The van der Waals surface area contributed by atoms with E-state index in [-0.39, 0.29) is 29.6 Å². The summed E-state index contributed by atoms with van der Waals surface area (Å²) >= 11 is 0. The van der Waals surface area contributed by atoms with E-state index >= 15 is 0 Å². The molecule has 0 unspecified atom stereocenters. The van der Waals surface area contributed by atoms with E-state index < -0.39 is 17.4 Å². The van der Waals surface area contributed by atoms with Gasteiger partial charge in [0.25, 0.3) is 0 Å². The number of allylic oxidation sites excluding steroid dienone is 1. The number of benzene rings is 1. The number of fused-ring (bicyclic) bond motifs is 3. The number of amides is 1. The second kappa shape index (κ2) is 9.12. The van der Waals surface area contributed by atoms with Gasteiger partial charge in [0.05, 0.1) is 11.8 Å². The van der Waals surface area contributed by atoms with Gasteiger partial charge in [-0.1, -0.05) is 49.8 Å². The number of hydrogen-bond acceptors (Lipinski definition) is 3. The summed E-state index contributed by atoms with van der Waals surface area (Å²) in [6.45, 7) is 8.19. The molecule has 2 bridgehead atoms. The predicted octanol–water partition coefficient (Wildman–Crippen LogP) is 5.22. The van der Waals surface area contributed by atoms with E-state index in [1.165, 1.54) is 0 Å². The number of aliphatic hydroxyl groups is 1. The minimum Gasteiger partial charge on any atom is -0.388 e. The number of aliphatic hydroxyl groups excluding tert-OH is 1. The summed E-state index contributed by atoms with van der Waals surface area (Å²) in [4.78, 5) is 34.4. The molecule has 2 aliphatic heterocycles. The number of aromatic amines is 2. The van der Waals surface area contributed by atoms with Crippen molar-refractivity contribution in [2.24, 2.45) is 23.7 Å². The van der Waals surface area contributed by atoms with Gasteiger partial charge in [0.2, 0.25) is 5.91 Å². The first-order valence-electron chi connectivity index (χ1n) is 13.8. The SMILES string of the molecule is CC1=C(C)[C@H]2[C@H](Cc3c[nH]c4ccccc34)NC(=O)[C@]23c2ccc([nH]2)C(=O)[C@@H](C)C[C@@H](C)C/C=C/[C@H]3[C@@H]1O. The van der Waals surface area contributed by atoms with Crippen molar-refractivity contribution in [3.8, 4) is 0 Å². The minimum atomic E-state index is -1.04. The number of para-hydroxylation sites is 1. The predicted molar refractivity (Wildman–Crippen MR) is 149 cm³/mol. The van der Waals surface area contributed by atoms with Crippen LogP contribution in [0.3, 0.4) is 0 Å². The quantitative estimate of drug-likeness (QED) is 0.355. The van der Waals surface area contributed by atoms with Crippen molar-refractivity contribution >= 4 is 22.6 Å². The van der Waals surface area contributed by atoms with E-state index in [0.717, 1.165) is 40.5 Å². The first-order chi connectivity index (χ1) is 18.2. The maximum Gasteiger partial charge on any atom is 0.233 e. The highest BCUT2D eigenvalue weighted by Gasteiger charge is 2.64. The fraction of sp³-hybridized carbons (Fsp3) is 0.438. The summed E-state index contributed by atoms with van der Waals surface area (Å²) in [6, 6.07) is 11.8. The van der Waals surface area contributed by atoms with Crippen LogP contribution in [0.2, 0.25) is 0 Å². The number of ketones is 1. The van der Waals surface area contributed by atoms with Gasteiger partial charge < -0.3 is 20.4 Å². The number of carbonyl (C=O) groups is 2. The Labute approximate surface area is 223 Å². The molecule has 1 spiro atoms. The van der Waals surface area contributed by atoms with Gasteiger partial charge in [0.15, 0.2) is 5.78 Å². The van der Waals surface area contributed by atoms with Gasteiger partial charge in [0, 0.05) is 46.6 Å². The average Bonchev–Trinajstić information content (AvgIpc) is 3.61. The summed E-state index contributed by atoms with van der Waals surface area (Å²) in [5, 5.41) is 16.2. The van der Waals surface area contributed by atoms with Gasteiger partial charge in [-0.15, -0.1) is 0 Å². The van der Waals surface area contributed by atoms with Crippen molar-refractivity contribution in [3.63, 3.8) is 0 Å². The monoisotopic (exact) mass is 511 g/mol. The highest BCUT2D eigenvalue weighted by atomic mass is 16.3. The molecule has 1 aliphatic carbocycles. The van der Waals surface area contributed by atoms with Crippen molar-refractivity contribution in [3.05, 3.63) is 82.8 Å². The van der Waals surface area contributed by atoms with Crippen LogP contribution < -0.4 is 5.32 Å². The molecular weight excluding hydrogens is 474 g/mol. The van der Waals surface area contributed by atoms with E-state index in [9.17, 15) is 14.7 Å². The summed E-state index contributed by atoms with van der Waals surface area (Å²) in [6.07, 6.45) is 7.71. The minimum absolute atomic E-state index is 0.0747.